The molecule has 3 aromatic rings. The van der Waals surface area contributed by atoms with E-state index in [1.165, 1.54) is 30.3 Å². The number of sulfonamides is 1. The van der Waals surface area contributed by atoms with Gasteiger partial charge in [0, 0.05) is 17.3 Å². The van der Waals surface area contributed by atoms with Crippen molar-refractivity contribution in [3.05, 3.63) is 95.0 Å². The summed E-state index contributed by atoms with van der Waals surface area (Å²) in [4.78, 5) is 24.0. The molecule has 0 radical (unpaired) electrons. The topological polar surface area (TPSA) is 102 Å². The maximum absolute atomic E-state index is 12.7. The summed E-state index contributed by atoms with van der Waals surface area (Å²) in [5.41, 5.74) is 1.67. The van der Waals surface area contributed by atoms with Gasteiger partial charge in [-0.3, -0.25) is 9.52 Å². The van der Waals surface area contributed by atoms with Gasteiger partial charge in [0.15, 0.2) is 0 Å². The van der Waals surface area contributed by atoms with Gasteiger partial charge < -0.3 is 10.1 Å². The Balaban J connectivity index is 1.71. The van der Waals surface area contributed by atoms with Gasteiger partial charge in [-0.25, -0.2) is 13.2 Å². The molecule has 9 heteroatoms. The lowest BCUT2D eigenvalue weighted by molar-refractivity contribution is -0.137. The number of nitrogens with one attached hydrogen (secondary N) is 2. The van der Waals surface area contributed by atoms with Crippen molar-refractivity contribution >= 4 is 51.0 Å². The second kappa shape index (κ2) is 10.8. The first-order valence-corrected chi connectivity index (χ1v) is 11.8. The lowest BCUT2D eigenvalue weighted by Crippen LogP contribution is -2.16. The Labute approximate surface area is 197 Å². The molecule has 1 amide bonds. The van der Waals surface area contributed by atoms with Crippen molar-refractivity contribution < 1.29 is 22.7 Å². The van der Waals surface area contributed by atoms with Gasteiger partial charge in [-0.15, -0.1) is 0 Å². The van der Waals surface area contributed by atoms with Crippen molar-refractivity contribution in [3.63, 3.8) is 0 Å². The number of carbonyl (C=O) groups is 2. The first-order valence-electron chi connectivity index (χ1n) is 9.92. The Morgan fingerprint density at radius 3 is 2.42 bits per heavy atom. The van der Waals surface area contributed by atoms with E-state index in [-0.39, 0.29) is 21.2 Å². The number of benzene rings is 3. The van der Waals surface area contributed by atoms with Crippen LogP contribution < -0.4 is 10.0 Å². The van der Waals surface area contributed by atoms with E-state index in [1.54, 1.807) is 61.5 Å². The van der Waals surface area contributed by atoms with Crippen molar-refractivity contribution in [1.29, 1.82) is 0 Å². The zero-order valence-electron chi connectivity index (χ0n) is 17.6. The third-order valence-electron chi connectivity index (χ3n) is 4.39. The quantitative estimate of drug-likeness (QED) is 0.347. The van der Waals surface area contributed by atoms with Gasteiger partial charge in [-0.2, -0.15) is 0 Å². The van der Waals surface area contributed by atoms with Crippen LogP contribution in [0.2, 0.25) is 5.02 Å². The molecule has 0 bridgehead atoms. The molecule has 3 rings (SSSR count). The van der Waals surface area contributed by atoms with E-state index in [9.17, 15) is 18.0 Å². The predicted octanol–water partition coefficient (Wildman–Crippen LogP) is 4.97. The second-order valence-electron chi connectivity index (χ2n) is 6.77. The number of halogens is 1. The van der Waals surface area contributed by atoms with Crippen LogP contribution in [0.4, 0.5) is 11.4 Å². The van der Waals surface area contributed by atoms with Crippen LogP contribution in [0, 0.1) is 0 Å². The van der Waals surface area contributed by atoms with Crippen LogP contribution in [0.3, 0.4) is 0 Å². The van der Waals surface area contributed by atoms with Gasteiger partial charge in [0.2, 0.25) is 0 Å². The van der Waals surface area contributed by atoms with Gasteiger partial charge >= 0.3 is 5.97 Å². The zero-order valence-corrected chi connectivity index (χ0v) is 19.2. The van der Waals surface area contributed by atoms with E-state index >= 15 is 0 Å². The van der Waals surface area contributed by atoms with Crippen LogP contribution in [-0.4, -0.2) is 26.9 Å². The van der Waals surface area contributed by atoms with E-state index in [1.807, 2.05) is 0 Å². The number of ether oxygens (including phenoxy) is 1. The van der Waals surface area contributed by atoms with Crippen molar-refractivity contribution in [2.24, 2.45) is 0 Å². The van der Waals surface area contributed by atoms with Crippen molar-refractivity contribution in [1.82, 2.24) is 0 Å². The number of esters is 1. The van der Waals surface area contributed by atoms with Gasteiger partial charge in [-0.1, -0.05) is 41.9 Å². The average molecular weight is 485 g/mol. The highest BCUT2D eigenvalue weighted by molar-refractivity contribution is 7.92. The van der Waals surface area contributed by atoms with Crippen molar-refractivity contribution in [3.8, 4) is 0 Å². The average Bonchev–Trinajstić information content (AvgIpc) is 2.80. The normalized spacial score (nSPS) is 11.2. The van der Waals surface area contributed by atoms with Gasteiger partial charge in [0.1, 0.15) is 0 Å². The summed E-state index contributed by atoms with van der Waals surface area (Å²) in [6, 6.07) is 18.9. The fraction of sp³-hybridized carbons (Fsp3) is 0.0833. The fourth-order valence-corrected chi connectivity index (χ4v) is 4.15. The summed E-state index contributed by atoms with van der Waals surface area (Å²) in [5, 5.41) is 2.98. The summed E-state index contributed by atoms with van der Waals surface area (Å²) in [5.74, 6) is -0.909. The largest absolute Gasteiger partial charge is 0.463 e. The molecule has 0 atom stereocenters. The van der Waals surface area contributed by atoms with Gasteiger partial charge in [-0.05, 0) is 61.0 Å². The molecule has 0 aliphatic carbocycles. The third-order valence-corrected chi connectivity index (χ3v) is 6.08. The smallest absolute Gasteiger partial charge is 0.330 e. The van der Waals surface area contributed by atoms with E-state index in [0.29, 0.717) is 12.3 Å². The maximum Gasteiger partial charge on any atom is 0.330 e. The summed E-state index contributed by atoms with van der Waals surface area (Å²) in [6.07, 6.45) is 2.92. The van der Waals surface area contributed by atoms with Crippen LogP contribution in [-0.2, 0) is 19.6 Å². The number of hydrogen-bond donors (Lipinski definition) is 2. The Morgan fingerprint density at radius 2 is 1.73 bits per heavy atom. The monoisotopic (exact) mass is 484 g/mol. The molecule has 2 N–H and O–H groups in total. The molecule has 7 nitrogen and oxygen atoms in total. The highest BCUT2D eigenvalue weighted by Gasteiger charge is 2.18. The van der Waals surface area contributed by atoms with Crippen LogP contribution in [0.5, 0.6) is 0 Å². The highest BCUT2D eigenvalue weighted by Crippen LogP contribution is 2.24. The molecule has 0 unspecified atom stereocenters. The molecule has 170 valence electrons. The van der Waals surface area contributed by atoms with E-state index < -0.39 is 21.9 Å². The molecule has 0 heterocycles. The van der Waals surface area contributed by atoms with Crippen molar-refractivity contribution in [2.75, 3.05) is 16.6 Å². The number of carbonyl (C=O) groups excluding carboxylic acids is 2. The zero-order chi connectivity index (χ0) is 23.8. The summed E-state index contributed by atoms with van der Waals surface area (Å²) in [7, 11) is -3.95. The third kappa shape index (κ3) is 6.68. The number of para-hydroxylation sites is 1. The predicted molar refractivity (Wildman–Crippen MR) is 129 cm³/mol. The van der Waals surface area contributed by atoms with E-state index in [0.717, 1.165) is 5.56 Å². The Hall–Kier alpha value is -3.62. The Bertz CT molecular complexity index is 1290. The van der Waals surface area contributed by atoms with E-state index in [2.05, 4.69) is 10.0 Å². The molecular weight excluding hydrogens is 464 g/mol. The molecule has 0 saturated heterocycles. The molecule has 0 aromatic heterocycles. The summed E-state index contributed by atoms with van der Waals surface area (Å²) < 4.78 is 32.7. The molecule has 0 aliphatic heterocycles. The lowest BCUT2D eigenvalue weighted by Gasteiger charge is -2.11. The maximum atomic E-state index is 12.7. The Morgan fingerprint density at radius 1 is 1.00 bits per heavy atom. The van der Waals surface area contributed by atoms with Gasteiger partial charge in [0.25, 0.3) is 15.9 Å². The van der Waals surface area contributed by atoms with Crippen LogP contribution in [0.25, 0.3) is 6.08 Å². The molecule has 33 heavy (non-hydrogen) atoms. The minimum atomic E-state index is -3.95. The Kier molecular flexibility index (Phi) is 7.87. The number of anilines is 2. The molecular formula is C24H21ClN2O5S. The molecule has 3 aromatic carbocycles. The second-order valence-corrected chi connectivity index (χ2v) is 8.86. The molecule has 0 spiro atoms. The minimum Gasteiger partial charge on any atom is -0.463 e. The summed E-state index contributed by atoms with van der Waals surface area (Å²) >= 11 is 6.03. The van der Waals surface area contributed by atoms with Crippen LogP contribution in [0.1, 0.15) is 22.8 Å². The molecule has 0 saturated carbocycles. The SMILES string of the molecule is CCOC(=O)C=Cc1ccc(NC(=O)c2cccc(S(=O)(=O)Nc3ccccc3Cl)c2)cc1. The minimum absolute atomic E-state index is 0.0745. The molecule has 0 fully saturated rings. The number of amides is 1. The number of rotatable bonds is 8. The van der Waals surface area contributed by atoms with E-state index in [4.69, 9.17) is 16.3 Å². The number of hydrogen-bond acceptors (Lipinski definition) is 5. The van der Waals surface area contributed by atoms with Crippen LogP contribution in [0.15, 0.2) is 83.8 Å². The standard InChI is InChI=1S/C24H21ClN2O5S/c1-2-32-23(28)15-12-17-10-13-19(14-11-17)26-24(29)18-6-5-7-20(16-18)33(30,31)27-22-9-4-3-8-21(22)25/h3-16,27H,2H2,1H3,(H,26,29). The van der Waals surface area contributed by atoms with Gasteiger partial charge in [0.05, 0.1) is 22.2 Å². The van der Waals surface area contributed by atoms with Crippen LogP contribution >= 0.6 is 11.6 Å². The van der Waals surface area contributed by atoms with Crippen molar-refractivity contribution in [2.45, 2.75) is 11.8 Å². The first kappa shape index (κ1) is 24.0. The summed E-state index contributed by atoms with van der Waals surface area (Å²) in [6.45, 7) is 2.02. The highest BCUT2D eigenvalue weighted by atomic mass is 35.5. The molecule has 0 aliphatic rings. The fourth-order valence-electron chi connectivity index (χ4n) is 2.79. The lowest BCUT2D eigenvalue weighted by atomic mass is 10.1. The first-order chi connectivity index (χ1) is 15.8.